The van der Waals surface area contributed by atoms with Crippen molar-refractivity contribution in [2.24, 2.45) is 0 Å². The smallest absolute Gasteiger partial charge is 0.255 e. The summed E-state index contributed by atoms with van der Waals surface area (Å²) in [5, 5.41) is 2.96. The largest absolute Gasteiger partial charge is 0.321 e. The number of nitrogens with one attached hydrogen (secondary N) is 1. The van der Waals surface area contributed by atoms with Gasteiger partial charge in [-0.1, -0.05) is 28.4 Å². The number of hydrogen-bond acceptors (Lipinski definition) is 3. The molecule has 1 fully saturated rings. The van der Waals surface area contributed by atoms with Crippen LogP contribution < -0.4 is 5.32 Å². The molecular formula is C22H27BrN2O3S. The van der Waals surface area contributed by atoms with Gasteiger partial charge in [0.05, 0.1) is 4.90 Å². The van der Waals surface area contributed by atoms with Gasteiger partial charge in [-0.25, -0.2) is 8.42 Å². The minimum atomic E-state index is -3.63. The number of rotatable bonds is 4. The molecule has 0 aromatic heterocycles. The number of piperidine rings is 1. The topological polar surface area (TPSA) is 66.5 Å². The van der Waals surface area contributed by atoms with Gasteiger partial charge < -0.3 is 5.32 Å². The van der Waals surface area contributed by atoms with E-state index in [1.165, 1.54) is 6.07 Å². The van der Waals surface area contributed by atoms with Crippen molar-refractivity contribution in [1.82, 2.24) is 4.31 Å². The first-order chi connectivity index (χ1) is 13.6. The lowest BCUT2D eigenvalue weighted by atomic mass is 10.1. The maximum absolute atomic E-state index is 13.2. The molecule has 0 spiro atoms. The number of benzene rings is 2. The predicted molar refractivity (Wildman–Crippen MR) is 120 cm³/mol. The number of anilines is 1. The van der Waals surface area contributed by atoms with Crippen LogP contribution in [0.3, 0.4) is 0 Å². The van der Waals surface area contributed by atoms with Crippen LogP contribution in [0.4, 0.5) is 5.69 Å². The van der Waals surface area contributed by atoms with Crippen molar-refractivity contribution >= 4 is 37.5 Å². The first-order valence-corrected chi connectivity index (χ1v) is 12.0. The summed E-state index contributed by atoms with van der Waals surface area (Å²) in [5.74, 6) is -0.306. The summed E-state index contributed by atoms with van der Waals surface area (Å²) in [6, 6.07) is 8.66. The maximum Gasteiger partial charge on any atom is 0.255 e. The Morgan fingerprint density at radius 2 is 1.72 bits per heavy atom. The van der Waals surface area contributed by atoms with Crippen molar-refractivity contribution in [3.05, 3.63) is 57.1 Å². The molecule has 2 aromatic rings. The molecule has 1 aliphatic rings. The van der Waals surface area contributed by atoms with Crippen LogP contribution >= 0.6 is 15.9 Å². The zero-order valence-electron chi connectivity index (χ0n) is 17.3. The van der Waals surface area contributed by atoms with E-state index in [-0.39, 0.29) is 16.8 Å². The van der Waals surface area contributed by atoms with Crippen LogP contribution in [0, 0.1) is 20.8 Å². The first kappa shape index (κ1) is 22.0. The third kappa shape index (κ3) is 4.57. The standard InChI is InChI=1S/C22H27BrN2O3S/c1-14-8-9-19(29(27,28)25-10-6-5-7-17(25)4)13-20(14)22(26)24-21-15(2)11-18(23)12-16(21)3/h8-9,11-13,17H,5-7,10H2,1-4H3,(H,24,26). The Bertz CT molecular complexity index is 1030. The summed E-state index contributed by atoms with van der Waals surface area (Å²) in [5.41, 5.74) is 3.73. The molecule has 5 nitrogen and oxygen atoms in total. The Morgan fingerprint density at radius 1 is 1.07 bits per heavy atom. The average molecular weight is 479 g/mol. The molecule has 1 heterocycles. The SMILES string of the molecule is Cc1ccc(S(=O)(=O)N2CCCCC2C)cc1C(=O)Nc1c(C)cc(Br)cc1C. The lowest BCUT2D eigenvalue weighted by Gasteiger charge is -2.32. The Kier molecular flexibility index (Phi) is 6.51. The van der Waals surface area contributed by atoms with E-state index in [0.29, 0.717) is 12.1 Å². The fraction of sp³-hybridized carbons (Fsp3) is 0.409. The average Bonchev–Trinajstić information content (AvgIpc) is 2.64. The second-order valence-corrected chi connectivity index (χ2v) is 10.6. The number of carbonyl (C=O) groups excluding carboxylic acids is 1. The van der Waals surface area contributed by atoms with Crippen LogP contribution in [0.1, 0.15) is 53.2 Å². The van der Waals surface area contributed by atoms with E-state index in [4.69, 9.17) is 0 Å². The monoisotopic (exact) mass is 478 g/mol. The summed E-state index contributed by atoms with van der Waals surface area (Å²) in [6.07, 6.45) is 2.77. The van der Waals surface area contributed by atoms with Crippen LogP contribution in [-0.2, 0) is 10.0 Å². The zero-order valence-corrected chi connectivity index (χ0v) is 19.7. The van der Waals surface area contributed by atoms with Gasteiger partial charge in [0.15, 0.2) is 0 Å². The predicted octanol–water partition coefficient (Wildman–Crippen LogP) is 5.19. The van der Waals surface area contributed by atoms with Crippen molar-refractivity contribution in [2.75, 3.05) is 11.9 Å². The molecule has 156 valence electrons. The van der Waals surface area contributed by atoms with Gasteiger partial charge in [-0.2, -0.15) is 4.31 Å². The van der Waals surface area contributed by atoms with Gasteiger partial charge in [-0.05, 0) is 81.5 Å². The summed E-state index contributed by atoms with van der Waals surface area (Å²) in [7, 11) is -3.63. The Hall–Kier alpha value is -1.70. The van der Waals surface area contributed by atoms with Gasteiger partial charge in [-0.15, -0.1) is 0 Å². The van der Waals surface area contributed by atoms with Crippen LogP contribution in [0.25, 0.3) is 0 Å². The van der Waals surface area contributed by atoms with E-state index in [0.717, 1.165) is 46.1 Å². The summed E-state index contributed by atoms with van der Waals surface area (Å²) in [6.45, 7) is 8.14. The quantitative estimate of drug-likeness (QED) is 0.657. The van der Waals surface area contributed by atoms with E-state index in [1.54, 1.807) is 16.4 Å². The molecule has 1 aliphatic heterocycles. The van der Waals surface area contributed by atoms with Gasteiger partial charge in [0, 0.05) is 28.3 Å². The summed E-state index contributed by atoms with van der Waals surface area (Å²) in [4.78, 5) is 13.2. The number of aryl methyl sites for hydroxylation is 3. The number of nitrogens with zero attached hydrogens (tertiary/aromatic N) is 1. The number of hydrogen-bond donors (Lipinski definition) is 1. The molecule has 0 aliphatic carbocycles. The van der Waals surface area contributed by atoms with Gasteiger partial charge in [-0.3, -0.25) is 4.79 Å². The molecule has 1 amide bonds. The molecule has 0 saturated carbocycles. The van der Waals surface area contributed by atoms with E-state index in [1.807, 2.05) is 39.8 Å². The van der Waals surface area contributed by atoms with Crippen LogP contribution in [0.15, 0.2) is 39.7 Å². The minimum Gasteiger partial charge on any atom is -0.321 e. The molecule has 3 rings (SSSR count). The van der Waals surface area contributed by atoms with E-state index in [2.05, 4.69) is 21.2 Å². The summed E-state index contributed by atoms with van der Waals surface area (Å²) < 4.78 is 28.9. The van der Waals surface area contributed by atoms with Crippen LogP contribution in [0.2, 0.25) is 0 Å². The van der Waals surface area contributed by atoms with E-state index < -0.39 is 10.0 Å². The fourth-order valence-corrected chi connectivity index (χ4v) is 6.27. The molecule has 1 N–H and O–H groups in total. The normalized spacial score (nSPS) is 17.9. The van der Waals surface area contributed by atoms with E-state index in [9.17, 15) is 13.2 Å². The zero-order chi connectivity index (χ0) is 21.3. The number of carbonyl (C=O) groups is 1. The lowest BCUT2D eigenvalue weighted by molar-refractivity contribution is 0.102. The molecule has 1 unspecified atom stereocenters. The highest BCUT2D eigenvalue weighted by atomic mass is 79.9. The lowest BCUT2D eigenvalue weighted by Crippen LogP contribution is -2.42. The highest BCUT2D eigenvalue weighted by Crippen LogP contribution is 2.28. The Labute approximate surface area is 181 Å². The number of halogens is 1. The fourth-order valence-electron chi connectivity index (χ4n) is 3.86. The molecule has 0 radical (unpaired) electrons. The first-order valence-electron chi connectivity index (χ1n) is 9.82. The second kappa shape index (κ2) is 8.58. The number of sulfonamides is 1. The molecule has 0 bridgehead atoms. The van der Waals surface area contributed by atoms with Crippen molar-refractivity contribution < 1.29 is 13.2 Å². The van der Waals surface area contributed by atoms with Gasteiger partial charge in [0.1, 0.15) is 0 Å². The van der Waals surface area contributed by atoms with E-state index >= 15 is 0 Å². The van der Waals surface area contributed by atoms with Crippen molar-refractivity contribution in [2.45, 2.75) is 57.9 Å². The molecule has 1 atom stereocenters. The molecule has 1 saturated heterocycles. The Balaban J connectivity index is 1.94. The molecule has 2 aromatic carbocycles. The number of amides is 1. The molecule has 29 heavy (non-hydrogen) atoms. The van der Waals surface area contributed by atoms with Crippen molar-refractivity contribution in [3.8, 4) is 0 Å². The summed E-state index contributed by atoms with van der Waals surface area (Å²) >= 11 is 3.46. The molecular weight excluding hydrogens is 452 g/mol. The van der Waals surface area contributed by atoms with Gasteiger partial charge in [0.25, 0.3) is 5.91 Å². The highest BCUT2D eigenvalue weighted by Gasteiger charge is 2.31. The van der Waals surface area contributed by atoms with Crippen LogP contribution in [0.5, 0.6) is 0 Å². The highest BCUT2D eigenvalue weighted by molar-refractivity contribution is 9.10. The maximum atomic E-state index is 13.2. The second-order valence-electron chi connectivity index (χ2n) is 7.81. The Morgan fingerprint density at radius 3 is 2.34 bits per heavy atom. The minimum absolute atomic E-state index is 0.0274. The van der Waals surface area contributed by atoms with Gasteiger partial charge in [0.2, 0.25) is 10.0 Å². The van der Waals surface area contributed by atoms with Crippen LogP contribution in [-0.4, -0.2) is 31.2 Å². The van der Waals surface area contributed by atoms with Crippen molar-refractivity contribution in [1.29, 1.82) is 0 Å². The van der Waals surface area contributed by atoms with Gasteiger partial charge >= 0.3 is 0 Å². The third-order valence-corrected chi connectivity index (χ3v) is 8.01. The third-order valence-electron chi connectivity index (χ3n) is 5.54. The molecule has 7 heteroatoms. The van der Waals surface area contributed by atoms with Crippen molar-refractivity contribution in [3.63, 3.8) is 0 Å².